The van der Waals surface area contributed by atoms with E-state index in [-0.39, 0.29) is 10.6 Å². The summed E-state index contributed by atoms with van der Waals surface area (Å²) >= 11 is 0. The summed E-state index contributed by atoms with van der Waals surface area (Å²) < 4.78 is 0. The van der Waals surface area contributed by atoms with Crippen LogP contribution in [0.3, 0.4) is 0 Å². The number of likely N-dealkylation sites (tertiary alicyclic amines) is 1. The van der Waals surface area contributed by atoms with Crippen molar-refractivity contribution in [2.24, 2.45) is 0 Å². The molecule has 2 aliphatic rings. The molecular weight excluding hydrogens is 452 g/mol. The third-order valence-electron chi connectivity index (χ3n) is 6.44. The van der Waals surface area contributed by atoms with Crippen LogP contribution in [0.25, 0.3) is 0 Å². The molecule has 4 rings (SSSR count). The summed E-state index contributed by atoms with van der Waals surface area (Å²) in [6.07, 6.45) is 2.38. The maximum absolute atomic E-state index is 11.0. The molecule has 10 heteroatoms. The minimum absolute atomic E-state index is 0.186. The number of hydrogen-bond donors (Lipinski definition) is 2. The third kappa shape index (κ3) is 8.43. The lowest BCUT2D eigenvalue weighted by Crippen LogP contribution is -2.52. The number of nitrogens with zero attached hydrogens (tertiary/aromatic N) is 4. The molecule has 0 aromatic heterocycles. The Kier molecular flexibility index (Phi) is 9.71. The highest BCUT2D eigenvalue weighted by Gasteiger charge is 2.27. The summed E-state index contributed by atoms with van der Waals surface area (Å²) in [6, 6.07) is 18.5. The Morgan fingerprint density at radius 1 is 0.800 bits per heavy atom. The first-order valence-corrected chi connectivity index (χ1v) is 11.7. The largest absolute Gasteiger partial charge is 0.473 e. The monoisotopic (exact) mass is 484 g/mol. The van der Waals surface area contributed by atoms with Gasteiger partial charge in [0.05, 0.1) is 4.92 Å². The smallest absolute Gasteiger partial charge is 0.414 e. The quantitative estimate of drug-likeness (QED) is 0.361. The van der Waals surface area contributed by atoms with E-state index in [1.165, 1.54) is 18.4 Å². The van der Waals surface area contributed by atoms with Crippen molar-refractivity contribution >= 4 is 17.6 Å². The van der Waals surface area contributed by atoms with Gasteiger partial charge in [0.25, 0.3) is 5.69 Å². The Labute approximate surface area is 204 Å². The molecule has 2 N–H and O–H groups in total. The molecule has 2 aliphatic heterocycles. The van der Waals surface area contributed by atoms with E-state index < -0.39 is 11.9 Å². The molecule has 2 aromatic rings. The number of hydrogen-bond acceptors (Lipinski definition) is 7. The molecule has 35 heavy (non-hydrogen) atoms. The number of carboxylic acids is 2. The highest BCUT2D eigenvalue weighted by atomic mass is 16.6. The van der Waals surface area contributed by atoms with Gasteiger partial charge >= 0.3 is 11.9 Å². The minimum Gasteiger partial charge on any atom is -0.473 e. The van der Waals surface area contributed by atoms with Gasteiger partial charge in [0, 0.05) is 57.4 Å². The van der Waals surface area contributed by atoms with Gasteiger partial charge in [-0.05, 0) is 37.1 Å². The van der Waals surface area contributed by atoms with Gasteiger partial charge in [-0.25, -0.2) is 9.59 Å². The van der Waals surface area contributed by atoms with Gasteiger partial charge in [0.15, 0.2) is 0 Å². The van der Waals surface area contributed by atoms with E-state index in [2.05, 4.69) is 45.0 Å². The molecule has 10 nitrogen and oxygen atoms in total. The number of carboxylic acid groups (broad SMARTS) is 2. The molecular formula is C25H32N4O6. The number of nitro benzene ring substituents is 1. The van der Waals surface area contributed by atoms with Crippen LogP contribution < -0.4 is 0 Å². The minimum atomic E-state index is -1.82. The number of benzene rings is 2. The summed E-state index contributed by atoms with van der Waals surface area (Å²) in [6.45, 7) is 8.58. The SMILES string of the molecule is O=C(O)C(=O)O.O=[N+]([O-])c1cccc(CN2CCC(N3CCN(Cc4ccccc4)CC3)CC2)c1. The van der Waals surface area contributed by atoms with E-state index in [9.17, 15) is 10.1 Å². The van der Waals surface area contributed by atoms with Crippen LogP contribution in [0.5, 0.6) is 0 Å². The van der Waals surface area contributed by atoms with E-state index in [4.69, 9.17) is 19.8 Å². The van der Waals surface area contributed by atoms with Crippen LogP contribution in [-0.4, -0.2) is 87.1 Å². The summed E-state index contributed by atoms with van der Waals surface area (Å²) in [7, 11) is 0. The van der Waals surface area contributed by atoms with E-state index in [0.29, 0.717) is 6.04 Å². The van der Waals surface area contributed by atoms with Crippen molar-refractivity contribution in [2.45, 2.75) is 32.0 Å². The number of nitro groups is 1. The summed E-state index contributed by atoms with van der Waals surface area (Å²) in [5, 5.41) is 25.8. The molecule has 0 spiro atoms. The van der Waals surface area contributed by atoms with Gasteiger partial charge in [-0.2, -0.15) is 0 Å². The lowest BCUT2D eigenvalue weighted by atomic mass is 10.0. The van der Waals surface area contributed by atoms with E-state index in [1.807, 2.05) is 6.07 Å². The van der Waals surface area contributed by atoms with Gasteiger partial charge in [-0.15, -0.1) is 0 Å². The molecule has 0 atom stereocenters. The zero-order valence-electron chi connectivity index (χ0n) is 19.7. The van der Waals surface area contributed by atoms with E-state index in [0.717, 1.165) is 57.9 Å². The molecule has 0 bridgehead atoms. The van der Waals surface area contributed by atoms with Crippen LogP contribution >= 0.6 is 0 Å². The Morgan fingerprint density at radius 3 is 1.91 bits per heavy atom. The standard InChI is InChI=1S/C23H30N4O2.C2H2O4/c28-27(29)23-8-4-7-21(17-23)19-24-11-9-22(10-12-24)26-15-13-25(14-16-26)18-20-5-2-1-3-6-20;3-1(4)2(5)6/h1-8,17,22H,9-16,18-19H2;(H,3,4)(H,5,6). The lowest BCUT2D eigenvalue weighted by molar-refractivity contribution is -0.384. The Morgan fingerprint density at radius 2 is 1.34 bits per heavy atom. The molecule has 188 valence electrons. The normalized spacial score (nSPS) is 17.8. The van der Waals surface area contributed by atoms with Crippen LogP contribution in [0.15, 0.2) is 54.6 Å². The fourth-order valence-corrected chi connectivity index (χ4v) is 4.60. The van der Waals surface area contributed by atoms with Crippen LogP contribution in [0.1, 0.15) is 24.0 Å². The Bertz CT molecular complexity index is 974. The molecule has 0 unspecified atom stereocenters. The van der Waals surface area contributed by atoms with Gasteiger partial charge in [0.1, 0.15) is 0 Å². The van der Waals surface area contributed by atoms with Crippen molar-refractivity contribution in [3.63, 3.8) is 0 Å². The molecule has 2 aromatic carbocycles. The van der Waals surface area contributed by atoms with Crippen molar-refractivity contribution in [2.75, 3.05) is 39.3 Å². The summed E-state index contributed by atoms with van der Waals surface area (Å²) in [5.74, 6) is -3.65. The molecule has 0 amide bonds. The number of piperazine rings is 1. The second kappa shape index (κ2) is 12.9. The van der Waals surface area contributed by atoms with Crippen molar-refractivity contribution in [1.29, 1.82) is 0 Å². The zero-order chi connectivity index (χ0) is 25.2. The van der Waals surface area contributed by atoms with Gasteiger partial charge in [-0.3, -0.25) is 24.8 Å². The molecule has 0 radical (unpaired) electrons. The first-order chi connectivity index (χ1) is 16.8. The Balaban J connectivity index is 0.000000509. The topological polar surface area (TPSA) is 127 Å². The number of aliphatic carboxylic acids is 2. The van der Waals surface area contributed by atoms with Crippen molar-refractivity contribution < 1.29 is 24.7 Å². The maximum atomic E-state index is 11.0. The van der Waals surface area contributed by atoms with Crippen LogP contribution in [0, 0.1) is 10.1 Å². The first kappa shape index (κ1) is 26.3. The zero-order valence-corrected chi connectivity index (χ0v) is 19.7. The molecule has 0 aliphatic carbocycles. The fourth-order valence-electron chi connectivity index (χ4n) is 4.60. The average molecular weight is 485 g/mol. The Hall–Kier alpha value is -3.34. The van der Waals surface area contributed by atoms with Crippen molar-refractivity contribution in [3.05, 3.63) is 75.8 Å². The molecule has 2 saturated heterocycles. The van der Waals surface area contributed by atoms with Crippen LogP contribution in [0.4, 0.5) is 5.69 Å². The number of piperidine rings is 1. The summed E-state index contributed by atoms with van der Waals surface area (Å²) in [5.41, 5.74) is 2.62. The van der Waals surface area contributed by atoms with Crippen molar-refractivity contribution in [1.82, 2.24) is 14.7 Å². The average Bonchev–Trinajstić information content (AvgIpc) is 2.86. The maximum Gasteiger partial charge on any atom is 0.414 e. The molecule has 0 saturated carbocycles. The highest BCUT2D eigenvalue weighted by Crippen LogP contribution is 2.21. The van der Waals surface area contributed by atoms with Gasteiger partial charge < -0.3 is 10.2 Å². The fraction of sp³-hybridized carbons (Fsp3) is 0.440. The van der Waals surface area contributed by atoms with Gasteiger partial charge in [0.2, 0.25) is 0 Å². The third-order valence-corrected chi connectivity index (χ3v) is 6.44. The highest BCUT2D eigenvalue weighted by molar-refractivity contribution is 6.27. The van der Waals surface area contributed by atoms with Crippen LogP contribution in [-0.2, 0) is 22.7 Å². The number of carbonyl (C=O) groups is 2. The van der Waals surface area contributed by atoms with Crippen molar-refractivity contribution in [3.8, 4) is 0 Å². The van der Waals surface area contributed by atoms with Crippen LogP contribution in [0.2, 0.25) is 0 Å². The van der Waals surface area contributed by atoms with E-state index >= 15 is 0 Å². The van der Waals surface area contributed by atoms with Gasteiger partial charge in [-0.1, -0.05) is 42.5 Å². The predicted molar refractivity (Wildman–Crippen MR) is 130 cm³/mol. The second-order valence-corrected chi connectivity index (χ2v) is 8.84. The predicted octanol–water partition coefficient (Wildman–Crippen LogP) is 2.53. The number of non-ortho nitro benzene ring substituents is 1. The molecule has 2 heterocycles. The molecule has 2 fully saturated rings. The second-order valence-electron chi connectivity index (χ2n) is 8.84. The number of rotatable bonds is 6. The summed E-state index contributed by atoms with van der Waals surface area (Å²) in [4.78, 5) is 36.5. The van der Waals surface area contributed by atoms with E-state index in [1.54, 1.807) is 18.2 Å². The lowest BCUT2D eigenvalue weighted by Gasteiger charge is -2.42. The first-order valence-electron chi connectivity index (χ1n) is 11.7.